The van der Waals surface area contributed by atoms with Gasteiger partial charge in [-0.3, -0.25) is 0 Å². The van der Waals surface area contributed by atoms with Crippen LogP contribution < -0.4 is 9.47 Å². The second-order valence-corrected chi connectivity index (χ2v) is 8.87. The summed E-state index contributed by atoms with van der Waals surface area (Å²) in [6.45, 7) is 1.23. The first kappa shape index (κ1) is 19.8. The summed E-state index contributed by atoms with van der Waals surface area (Å²) in [6.07, 6.45) is 1.61. The number of rotatable bonds is 6. The number of nitrogens with zero attached hydrogens (tertiary/aromatic N) is 4. The Hall–Kier alpha value is -3.11. The summed E-state index contributed by atoms with van der Waals surface area (Å²) in [4.78, 5) is 9.50. The highest BCUT2D eigenvalue weighted by molar-refractivity contribution is 7.22. The van der Waals surface area contributed by atoms with E-state index in [0.29, 0.717) is 39.3 Å². The molecule has 2 aromatic carbocycles. The molecule has 31 heavy (non-hydrogen) atoms. The van der Waals surface area contributed by atoms with E-state index in [2.05, 4.69) is 15.1 Å². The summed E-state index contributed by atoms with van der Waals surface area (Å²) < 4.78 is 40.7. The van der Waals surface area contributed by atoms with Gasteiger partial charge in [-0.05, 0) is 5.56 Å². The molecule has 5 aromatic rings. The van der Waals surface area contributed by atoms with Gasteiger partial charge in [-0.15, -0.1) is 11.3 Å². The van der Waals surface area contributed by atoms with Crippen LogP contribution in [0, 0.1) is 0 Å². The van der Waals surface area contributed by atoms with Crippen LogP contribution in [0.3, 0.4) is 0 Å². The van der Waals surface area contributed by atoms with Gasteiger partial charge in [0.2, 0.25) is 4.96 Å². The van der Waals surface area contributed by atoms with Crippen molar-refractivity contribution in [3.63, 3.8) is 0 Å². The fraction of sp³-hybridized carbons (Fsp3) is 0.190. The molecule has 6 nitrogen and oxygen atoms in total. The SMILES string of the molecule is COc1cc(OCc2ccccc2)c2sc(-c3cn4nc(C(C)(F)F)sc4n3)nc2c1. The van der Waals surface area contributed by atoms with Crippen molar-refractivity contribution in [3.8, 4) is 22.2 Å². The predicted molar refractivity (Wildman–Crippen MR) is 116 cm³/mol. The summed E-state index contributed by atoms with van der Waals surface area (Å²) in [6, 6.07) is 13.5. The molecule has 10 heteroatoms. The van der Waals surface area contributed by atoms with Crippen LogP contribution in [-0.4, -0.2) is 26.7 Å². The third-order valence-electron chi connectivity index (χ3n) is 4.54. The van der Waals surface area contributed by atoms with Gasteiger partial charge >= 0.3 is 0 Å². The number of methoxy groups -OCH3 is 1. The maximum atomic E-state index is 13.5. The Balaban J connectivity index is 1.51. The summed E-state index contributed by atoms with van der Waals surface area (Å²) in [5.74, 6) is -1.70. The van der Waals surface area contributed by atoms with E-state index >= 15 is 0 Å². The third kappa shape index (κ3) is 3.84. The number of alkyl halides is 2. The Bertz CT molecular complexity index is 1340. The van der Waals surface area contributed by atoms with Crippen molar-refractivity contribution in [2.24, 2.45) is 0 Å². The van der Waals surface area contributed by atoms with Gasteiger partial charge in [0.25, 0.3) is 5.92 Å². The minimum Gasteiger partial charge on any atom is -0.497 e. The van der Waals surface area contributed by atoms with Gasteiger partial charge in [0.05, 0.1) is 23.5 Å². The van der Waals surface area contributed by atoms with Crippen LogP contribution >= 0.6 is 22.7 Å². The van der Waals surface area contributed by atoms with E-state index < -0.39 is 5.92 Å². The molecule has 0 aliphatic heterocycles. The number of aromatic nitrogens is 4. The highest BCUT2D eigenvalue weighted by atomic mass is 32.1. The largest absolute Gasteiger partial charge is 0.497 e. The van der Waals surface area contributed by atoms with Crippen molar-refractivity contribution < 1.29 is 18.3 Å². The molecule has 0 amide bonds. The molecular formula is C21H16F2N4O2S2. The summed E-state index contributed by atoms with van der Waals surface area (Å²) in [5.41, 5.74) is 2.33. The number of imidazole rings is 1. The second kappa shape index (κ2) is 7.54. The molecule has 0 saturated carbocycles. The van der Waals surface area contributed by atoms with E-state index in [9.17, 15) is 8.78 Å². The maximum Gasteiger partial charge on any atom is 0.298 e. The number of ether oxygens (including phenoxy) is 2. The number of halogens is 2. The second-order valence-electron chi connectivity index (χ2n) is 6.92. The number of hydrogen-bond acceptors (Lipinski definition) is 7. The van der Waals surface area contributed by atoms with Gasteiger partial charge in [-0.1, -0.05) is 41.7 Å². The molecule has 0 spiro atoms. The lowest BCUT2D eigenvalue weighted by Gasteiger charge is -2.09. The first-order valence-corrected chi connectivity index (χ1v) is 10.9. The Kier molecular flexibility index (Phi) is 4.82. The van der Waals surface area contributed by atoms with E-state index in [1.165, 1.54) is 15.9 Å². The smallest absolute Gasteiger partial charge is 0.298 e. The molecular weight excluding hydrogens is 442 g/mol. The molecule has 0 atom stereocenters. The molecule has 0 aliphatic rings. The standard InChI is InChI=1S/C21H16F2N4O2S2/c1-21(22,23)19-26-27-10-15(25-20(27)31-19)18-24-14-8-13(28-2)9-16(17(14)30-18)29-11-12-6-4-3-5-7-12/h3-10H,11H2,1-2H3. The molecule has 0 bridgehead atoms. The molecule has 0 fully saturated rings. The Morgan fingerprint density at radius 2 is 1.90 bits per heavy atom. The van der Waals surface area contributed by atoms with Gasteiger partial charge in [0, 0.05) is 19.1 Å². The van der Waals surface area contributed by atoms with E-state index in [4.69, 9.17) is 9.47 Å². The molecule has 3 aromatic heterocycles. The fourth-order valence-electron chi connectivity index (χ4n) is 3.03. The third-order valence-corrected chi connectivity index (χ3v) is 6.74. The van der Waals surface area contributed by atoms with Crippen LogP contribution in [0.25, 0.3) is 25.9 Å². The van der Waals surface area contributed by atoms with E-state index in [0.717, 1.165) is 28.5 Å². The quantitative estimate of drug-likeness (QED) is 0.323. The summed E-state index contributed by atoms with van der Waals surface area (Å²) >= 11 is 2.29. The average Bonchev–Trinajstić information content (AvgIpc) is 3.44. The Morgan fingerprint density at radius 1 is 1.10 bits per heavy atom. The van der Waals surface area contributed by atoms with Crippen LogP contribution in [0.4, 0.5) is 8.78 Å². The van der Waals surface area contributed by atoms with Gasteiger partial charge in [0.1, 0.15) is 28.8 Å². The molecule has 158 valence electrons. The van der Waals surface area contributed by atoms with Gasteiger partial charge in [0.15, 0.2) is 5.01 Å². The molecule has 0 aliphatic carbocycles. The van der Waals surface area contributed by atoms with Gasteiger partial charge in [-0.25, -0.2) is 14.5 Å². The van der Waals surface area contributed by atoms with Crippen LogP contribution in [0.15, 0.2) is 48.7 Å². The van der Waals surface area contributed by atoms with Crippen molar-refractivity contribution >= 4 is 37.9 Å². The lowest BCUT2D eigenvalue weighted by atomic mass is 10.2. The van der Waals surface area contributed by atoms with Crippen molar-refractivity contribution in [2.45, 2.75) is 19.5 Å². The maximum absolute atomic E-state index is 13.5. The van der Waals surface area contributed by atoms with E-state index in [-0.39, 0.29) is 5.01 Å². The zero-order chi connectivity index (χ0) is 21.6. The summed E-state index contributed by atoms with van der Waals surface area (Å²) in [7, 11) is 1.59. The van der Waals surface area contributed by atoms with Crippen LogP contribution in [-0.2, 0) is 12.5 Å². The monoisotopic (exact) mass is 458 g/mol. The molecule has 5 rings (SSSR count). The van der Waals surface area contributed by atoms with Crippen molar-refractivity contribution in [2.75, 3.05) is 7.11 Å². The highest BCUT2D eigenvalue weighted by Crippen LogP contribution is 2.39. The zero-order valence-corrected chi connectivity index (χ0v) is 18.1. The number of hydrogen-bond donors (Lipinski definition) is 0. The number of thiazole rings is 1. The van der Waals surface area contributed by atoms with Crippen molar-refractivity contribution in [1.29, 1.82) is 0 Å². The lowest BCUT2D eigenvalue weighted by molar-refractivity contribution is 0.0163. The molecule has 0 unspecified atom stereocenters. The van der Waals surface area contributed by atoms with E-state index in [1.807, 2.05) is 42.5 Å². The fourth-order valence-corrected chi connectivity index (χ4v) is 4.81. The first-order valence-electron chi connectivity index (χ1n) is 9.31. The topological polar surface area (TPSA) is 61.5 Å². The van der Waals surface area contributed by atoms with E-state index in [1.54, 1.807) is 13.3 Å². The molecule has 0 saturated heterocycles. The molecule has 0 radical (unpaired) electrons. The number of fused-ring (bicyclic) bond motifs is 2. The zero-order valence-electron chi connectivity index (χ0n) is 16.5. The first-order chi connectivity index (χ1) is 14.9. The van der Waals surface area contributed by atoms with Crippen LogP contribution in [0.2, 0.25) is 0 Å². The van der Waals surface area contributed by atoms with Crippen LogP contribution in [0.5, 0.6) is 11.5 Å². The Morgan fingerprint density at radius 3 is 2.61 bits per heavy atom. The van der Waals surface area contributed by atoms with Gasteiger partial charge in [-0.2, -0.15) is 13.9 Å². The predicted octanol–water partition coefficient (Wildman–Crippen LogP) is 5.77. The minimum absolute atomic E-state index is 0.271. The highest BCUT2D eigenvalue weighted by Gasteiger charge is 2.30. The normalized spacial score (nSPS) is 12.0. The van der Waals surface area contributed by atoms with Crippen LogP contribution in [0.1, 0.15) is 17.5 Å². The van der Waals surface area contributed by atoms with Gasteiger partial charge < -0.3 is 9.47 Å². The number of benzene rings is 2. The van der Waals surface area contributed by atoms with Crippen molar-refractivity contribution in [1.82, 2.24) is 19.6 Å². The summed E-state index contributed by atoms with van der Waals surface area (Å²) in [5, 5.41) is 4.32. The minimum atomic E-state index is -3.00. The molecule has 3 heterocycles. The molecule has 0 N–H and O–H groups in total. The lowest BCUT2D eigenvalue weighted by Crippen LogP contribution is -2.06. The van der Waals surface area contributed by atoms with Crippen molar-refractivity contribution in [3.05, 3.63) is 59.2 Å². The average molecular weight is 459 g/mol. The Labute approximate surface area is 183 Å².